The fraction of sp³-hybridized carbons (Fsp3) is 0.378. The predicted octanol–water partition coefficient (Wildman–Crippen LogP) is 7.98. The molecule has 2 heterocycles. The van der Waals surface area contributed by atoms with Gasteiger partial charge in [0.2, 0.25) is 15.9 Å². The number of pyridine rings is 1. The van der Waals surface area contributed by atoms with Gasteiger partial charge in [0.15, 0.2) is 19.0 Å². The highest BCUT2D eigenvalue weighted by atomic mass is 32.2. The maximum absolute atomic E-state index is 14.2. The summed E-state index contributed by atoms with van der Waals surface area (Å²) in [7, 11) is -4.29. The molecular weight excluding hydrogens is 728 g/mol. The Hall–Kier alpha value is -4.86. The van der Waals surface area contributed by atoms with Crippen molar-refractivity contribution in [3.05, 3.63) is 88.1 Å². The number of carbonyl (C=O) groups excluding carboxylic acids is 2. The Morgan fingerprint density at radius 2 is 1.55 bits per heavy atom. The molecular formula is C37H35F6N3O6S. The number of aryl methyl sites for hydroxylation is 3. The Kier molecular flexibility index (Phi) is 10.1. The first-order chi connectivity index (χ1) is 24.9. The summed E-state index contributed by atoms with van der Waals surface area (Å²) in [5.74, 6) is -3.27. The molecule has 282 valence electrons. The molecule has 2 amide bonds. The number of anilines is 2. The number of benzene rings is 3. The van der Waals surface area contributed by atoms with Gasteiger partial charge in [0.05, 0.1) is 23.5 Å². The number of fused-ring (bicyclic) bond motifs is 2. The molecule has 0 radical (unpaired) electrons. The molecule has 9 nitrogen and oxygen atoms in total. The molecule has 1 fully saturated rings. The number of halogens is 6. The number of sulfonamides is 1. The maximum atomic E-state index is 14.2. The van der Waals surface area contributed by atoms with E-state index in [0.29, 0.717) is 48.1 Å². The first-order valence-electron chi connectivity index (χ1n) is 16.9. The summed E-state index contributed by atoms with van der Waals surface area (Å²) in [6.07, 6.45) is -6.23. The van der Waals surface area contributed by atoms with Crippen LogP contribution in [0.5, 0.6) is 11.5 Å². The third-order valence-electron chi connectivity index (χ3n) is 9.08. The molecule has 0 spiro atoms. The molecule has 1 aliphatic carbocycles. The van der Waals surface area contributed by atoms with Crippen LogP contribution in [0.25, 0.3) is 10.9 Å². The zero-order chi connectivity index (χ0) is 38.5. The summed E-state index contributed by atoms with van der Waals surface area (Å²) in [5.41, 5.74) is 1.87. The molecule has 2 aliphatic rings. The Morgan fingerprint density at radius 3 is 2.11 bits per heavy atom. The molecule has 6 rings (SSSR count). The SMILES string of the molecule is CCc1cccc(CC)c1N(C(=O)C1CC1)S(=O)(=O)Cc1ccc(N2Cc3c(c(OCC(F)(F)F)c4cccnc4c3OCC(F)(F)F)C2=O)c(C)c1. The van der Waals surface area contributed by atoms with Crippen LogP contribution >= 0.6 is 0 Å². The summed E-state index contributed by atoms with van der Waals surface area (Å²) in [4.78, 5) is 32.9. The number of alkyl halides is 6. The standard InChI is InChI=1S/C37H35F6N3O6S/c1-4-23-8-6-9-24(5-2)31(23)46(34(47)25-12-13-25)53(49,50)18-22-11-14-28(21(3)16-22)45-17-27-29(35(45)48)32(51-19-36(38,39)40)26-10-7-15-44-30(26)33(27)52-20-37(41,42)43/h6-11,14-16,25H,4-5,12-13,17-20H2,1-3H3. The number of carbonyl (C=O) groups is 2. The average molecular weight is 764 g/mol. The molecule has 0 bridgehead atoms. The lowest BCUT2D eigenvalue weighted by Gasteiger charge is -2.27. The zero-order valence-electron chi connectivity index (χ0n) is 28.9. The Labute approximate surface area is 301 Å². The van der Waals surface area contributed by atoms with Gasteiger partial charge < -0.3 is 14.4 Å². The normalized spacial score (nSPS) is 14.8. The number of rotatable bonds is 12. The molecule has 16 heteroatoms. The number of hydrogen-bond acceptors (Lipinski definition) is 7. The Balaban J connectivity index is 1.38. The molecule has 0 unspecified atom stereocenters. The first kappa shape index (κ1) is 37.9. The second kappa shape index (κ2) is 14.2. The molecule has 1 aromatic heterocycles. The van der Waals surface area contributed by atoms with Gasteiger partial charge in [-0.05, 0) is 73.1 Å². The number of para-hydroxylation sites is 1. The van der Waals surface area contributed by atoms with Crippen molar-refractivity contribution in [2.75, 3.05) is 22.4 Å². The third kappa shape index (κ3) is 7.78. The van der Waals surface area contributed by atoms with Crippen LogP contribution in [0.4, 0.5) is 37.7 Å². The smallest absolute Gasteiger partial charge is 0.422 e. The molecule has 0 saturated heterocycles. The minimum atomic E-state index is -4.81. The largest absolute Gasteiger partial charge is 0.483 e. The number of nitrogens with zero attached hydrogens (tertiary/aromatic N) is 3. The van der Waals surface area contributed by atoms with Gasteiger partial charge in [-0.3, -0.25) is 14.6 Å². The lowest BCUT2D eigenvalue weighted by atomic mass is 10.0. The van der Waals surface area contributed by atoms with Crippen LogP contribution in [0.3, 0.4) is 0 Å². The van der Waals surface area contributed by atoms with Crippen molar-refractivity contribution in [3.63, 3.8) is 0 Å². The van der Waals surface area contributed by atoms with Crippen molar-refractivity contribution >= 4 is 44.1 Å². The first-order valence-corrected chi connectivity index (χ1v) is 18.5. The van der Waals surface area contributed by atoms with Crippen LogP contribution < -0.4 is 18.7 Å². The van der Waals surface area contributed by atoms with Crippen LogP contribution in [-0.2, 0) is 40.0 Å². The van der Waals surface area contributed by atoms with Crippen LogP contribution in [-0.4, -0.2) is 50.8 Å². The van der Waals surface area contributed by atoms with Crippen LogP contribution in [0.1, 0.15) is 64.9 Å². The van der Waals surface area contributed by atoms with Crippen molar-refractivity contribution < 1.29 is 53.8 Å². The van der Waals surface area contributed by atoms with Crippen molar-refractivity contribution in [1.29, 1.82) is 0 Å². The van der Waals surface area contributed by atoms with Gasteiger partial charge in [0, 0.05) is 28.8 Å². The number of amides is 2. The third-order valence-corrected chi connectivity index (χ3v) is 10.7. The molecule has 4 aromatic rings. The highest BCUT2D eigenvalue weighted by molar-refractivity contribution is 7.92. The van der Waals surface area contributed by atoms with Gasteiger partial charge in [-0.15, -0.1) is 0 Å². The van der Waals surface area contributed by atoms with Crippen molar-refractivity contribution in [2.24, 2.45) is 5.92 Å². The fourth-order valence-electron chi connectivity index (χ4n) is 6.59. The fourth-order valence-corrected chi connectivity index (χ4v) is 8.26. The van der Waals surface area contributed by atoms with Gasteiger partial charge in [-0.2, -0.15) is 26.3 Å². The maximum Gasteiger partial charge on any atom is 0.422 e. The lowest BCUT2D eigenvalue weighted by Crippen LogP contribution is -2.40. The van der Waals surface area contributed by atoms with E-state index in [9.17, 15) is 44.3 Å². The molecule has 1 saturated carbocycles. The molecule has 0 N–H and O–H groups in total. The molecule has 1 aliphatic heterocycles. The second-order valence-electron chi connectivity index (χ2n) is 13.0. The summed E-state index contributed by atoms with van der Waals surface area (Å²) < 4.78 is 120. The summed E-state index contributed by atoms with van der Waals surface area (Å²) in [6, 6.07) is 12.4. The van der Waals surface area contributed by atoms with E-state index >= 15 is 0 Å². The minimum Gasteiger partial charge on any atom is -0.483 e. The minimum absolute atomic E-state index is 0.149. The Morgan fingerprint density at radius 1 is 0.925 bits per heavy atom. The number of ether oxygens (including phenoxy) is 2. The van der Waals surface area contributed by atoms with E-state index in [1.807, 2.05) is 19.9 Å². The van der Waals surface area contributed by atoms with E-state index in [0.717, 1.165) is 9.21 Å². The van der Waals surface area contributed by atoms with Gasteiger partial charge in [-0.25, -0.2) is 12.7 Å². The zero-order valence-corrected chi connectivity index (χ0v) is 29.7. The van der Waals surface area contributed by atoms with Crippen LogP contribution in [0.2, 0.25) is 0 Å². The van der Waals surface area contributed by atoms with Gasteiger partial charge >= 0.3 is 12.4 Å². The van der Waals surface area contributed by atoms with E-state index in [4.69, 9.17) is 9.47 Å². The number of aromatic nitrogens is 1. The summed E-state index contributed by atoms with van der Waals surface area (Å²) >= 11 is 0. The van der Waals surface area contributed by atoms with E-state index in [1.165, 1.54) is 36.5 Å². The van der Waals surface area contributed by atoms with E-state index < -0.39 is 82.7 Å². The quantitative estimate of drug-likeness (QED) is 0.135. The summed E-state index contributed by atoms with van der Waals surface area (Å²) in [6.45, 7) is 1.38. The number of hydrogen-bond donors (Lipinski definition) is 0. The van der Waals surface area contributed by atoms with Crippen LogP contribution in [0.15, 0.2) is 54.7 Å². The van der Waals surface area contributed by atoms with E-state index in [2.05, 4.69) is 4.98 Å². The molecule has 53 heavy (non-hydrogen) atoms. The summed E-state index contributed by atoms with van der Waals surface area (Å²) in [5, 5.41) is -0.152. The highest BCUT2D eigenvalue weighted by Crippen LogP contribution is 2.47. The van der Waals surface area contributed by atoms with Gasteiger partial charge in [0.25, 0.3) is 5.91 Å². The van der Waals surface area contributed by atoms with Crippen LogP contribution in [0, 0.1) is 12.8 Å². The van der Waals surface area contributed by atoms with Gasteiger partial charge in [0.1, 0.15) is 11.3 Å². The second-order valence-corrected chi connectivity index (χ2v) is 14.8. The van der Waals surface area contributed by atoms with E-state index in [-0.39, 0.29) is 27.7 Å². The monoisotopic (exact) mass is 763 g/mol. The van der Waals surface area contributed by atoms with Crippen molar-refractivity contribution in [3.8, 4) is 11.5 Å². The Bertz CT molecular complexity index is 2180. The van der Waals surface area contributed by atoms with Crippen molar-refractivity contribution in [1.82, 2.24) is 4.98 Å². The van der Waals surface area contributed by atoms with Crippen molar-refractivity contribution in [2.45, 2.75) is 71.1 Å². The average Bonchev–Trinajstić information content (AvgIpc) is 3.89. The highest BCUT2D eigenvalue weighted by Gasteiger charge is 2.42. The molecule has 3 aromatic carbocycles. The van der Waals surface area contributed by atoms with Gasteiger partial charge in [-0.1, -0.05) is 44.2 Å². The predicted molar refractivity (Wildman–Crippen MR) is 185 cm³/mol. The lowest BCUT2D eigenvalue weighted by molar-refractivity contribution is -0.154. The molecule has 0 atom stereocenters. The topological polar surface area (TPSA) is 106 Å². The van der Waals surface area contributed by atoms with E-state index in [1.54, 1.807) is 19.1 Å².